The van der Waals surface area contributed by atoms with E-state index in [2.05, 4.69) is 20.8 Å². The van der Waals surface area contributed by atoms with Crippen LogP contribution in [-0.4, -0.2) is 23.9 Å². The molecule has 1 rings (SSSR count). The van der Waals surface area contributed by atoms with Crippen molar-refractivity contribution in [2.45, 2.75) is 33.6 Å². The summed E-state index contributed by atoms with van der Waals surface area (Å²) in [7, 11) is 0. The standard InChI is InChI=1S/C10H19NO/c1-4-11-7-9(5-8(2)3)6-10(11)12/h8-9H,4-7H2,1-3H3. The third kappa shape index (κ3) is 2.23. The van der Waals surface area contributed by atoms with Crippen LogP contribution in [0.2, 0.25) is 0 Å². The lowest BCUT2D eigenvalue weighted by molar-refractivity contribution is -0.127. The van der Waals surface area contributed by atoms with Gasteiger partial charge in [0.05, 0.1) is 0 Å². The fourth-order valence-corrected chi connectivity index (χ4v) is 1.98. The third-order valence-electron chi connectivity index (χ3n) is 2.48. The minimum atomic E-state index is 0.350. The van der Waals surface area contributed by atoms with Gasteiger partial charge >= 0.3 is 0 Å². The molecule has 1 amide bonds. The molecule has 1 aliphatic rings. The summed E-state index contributed by atoms with van der Waals surface area (Å²) >= 11 is 0. The van der Waals surface area contributed by atoms with E-state index in [1.165, 1.54) is 6.42 Å². The lowest BCUT2D eigenvalue weighted by Crippen LogP contribution is -2.24. The highest BCUT2D eigenvalue weighted by atomic mass is 16.2. The topological polar surface area (TPSA) is 20.3 Å². The maximum atomic E-state index is 11.3. The van der Waals surface area contributed by atoms with Crippen LogP contribution in [0.4, 0.5) is 0 Å². The minimum absolute atomic E-state index is 0.350. The molecule has 2 heteroatoms. The van der Waals surface area contributed by atoms with Crippen molar-refractivity contribution in [1.29, 1.82) is 0 Å². The summed E-state index contributed by atoms with van der Waals surface area (Å²) in [6.07, 6.45) is 1.98. The van der Waals surface area contributed by atoms with Gasteiger partial charge in [-0.25, -0.2) is 0 Å². The van der Waals surface area contributed by atoms with Gasteiger partial charge in [-0.15, -0.1) is 0 Å². The fraction of sp³-hybridized carbons (Fsp3) is 0.900. The van der Waals surface area contributed by atoms with Gasteiger partial charge in [-0.05, 0) is 25.2 Å². The van der Waals surface area contributed by atoms with Crippen molar-refractivity contribution in [3.63, 3.8) is 0 Å². The summed E-state index contributed by atoms with van der Waals surface area (Å²) in [6.45, 7) is 8.37. The summed E-state index contributed by atoms with van der Waals surface area (Å²) in [5, 5.41) is 0. The molecule has 1 unspecified atom stereocenters. The average molecular weight is 169 g/mol. The summed E-state index contributed by atoms with van der Waals surface area (Å²) in [6, 6.07) is 0. The molecule has 0 bridgehead atoms. The summed E-state index contributed by atoms with van der Waals surface area (Å²) in [5.41, 5.74) is 0. The van der Waals surface area contributed by atoms with Crippen molar-refractivity contribution in [2.24, 2.45) is 11.8 Å². The maximum Gasteiger partial charge on any atom is 0.222 e. The van der Waals surface area contributed by atoms with Crippen LogP contribution < -0.4 is 0 Å². The van der Waals surface area contributed by atoms with Crippen molar-refractivity contribution < 1.29 is 4.79 Å². The fourth-order valence-electron chi connectivity index (χ4n) is 1.98. The van der Waals surface area contributed by atoms with E-state index in [1.807, 2.05) is 4.90 Å². The van der Waals surface area contributed by atoms with Gasteiger partial charge in [-0.1, -0.05) is 13.8 Å². The van der Waals surface area contributed by atoms with Gasteiger partial charge in [0.15, 0.2) is 0 Å². The molecule has 0 aromatic rings. The molecule has 0 spiro atoms. The van der Waals surface area contributed by atoms with Crippen LogP contribution in [0.3, 0.4) is 0 Å². The third-order valence-corrected chi connectivity index (χ3v) is 2.48. The predicted octanol–water partition coefficient (Wildman–Crippen LogP) is 1.90. The number of hydrogen-bond donors (Lipinski definition) is 0. The zero-order valence-electron chi connectivity index (χ0n) is 8.34. The largest absolute Gasteiger partial charge is 0.343 e. The highest BCUT2D eigenvalue weighted by Crippen LogP contribution is 2.23. The Bertz CT molecular complexity index is 165. The van der Waals surface area contributed by atoms with E-state index in [9.17, 15) is 4.79 Å². The second-order valence-electron chi connectivity index (χ2n) is 4.13. The molecule has 1 atom stereocenters. The number of amides is 1. The molecule has 0 radical (unpaired) electrons. The molecule has 70 valence electrons. The number of likely N-dealkylation sites (tertiary alicyclic amines) is 1. The van der Waals surface area contributed by atoms with Gasteiger partial charge in [-0.2, -0.15) is 0 Å². The first-order valence-corrected chi connectivity index (χ1v) is 4.91. The summed E-state index contributed by atoms with van der Waals surface area (Å²) in [5.74, 6) is 1.69. The van der Waals surface area contributed by atoms with E-state index in [0.717, 1.165) is 25.4 Å². The van der Waals surface area contributed by atoms with Gasteiger partial charge in [0.2, 0.25) is 5.91 Å². The Labute approximate surface area is 74.9 Å². The number of carbonyl (C=O) groups excluding carboxylic acids is 1. The first-order chi connectivity index (χ1) is 5.63. The Morgan fingerprint density at radius 2 is 2.25 bits per heavy atom. The molecular formula is C10H19NO. The molecule has 2 nitrogen and oxygen atoms in total. The van der Waals surface area contributed by atoms with Crippen molar-refractivity contribution >= 4 is 5.91 Å². The second-order valence-corrected chi connectivity index (χ2v) is 4.13. The first-order valence-electron chi connectivity index (χ1n) is 4.91. The Hall–Kier alpha value is -0.530. The SMILES string of the molecule is CCN1CC(CC(C)C)CC1=O. The summed E-state index contributed by atoms with van der Waals surface area (Å²) in [4.78, 5) is 13.3. The Kier molecular flexibility index (Phi) is 3.12. The number of carbonyl (C=O) groups is 1. The molecule has 0 aromatic heterocycles. The first kappa shape index (κ1) is 9.56. The van der Waals surface area contributed by atoms with Gasteiger partial charge in [0.1, 0.15) is 0 Å². The summed E-state index contributed by atoms with van der Waals surface area (Å²) < 4.78 is 0. The molecule has 0 aromatic carbocycles. The highest BCUT2D eigenvalue weighted by molar-refractivity contribution is 5.78. The normalized spacial score (nSPS) is 24.2. The van der Waals surface area contributed by atoms with E-state index in [0.29, 0.717) is 11.8 Å². The van der Waals surface area contributed by atoms with Gasteiger partial charge < -0.3 is 4.90 Å². The molecule has 0 aliphatic carbocycles. The van der Waals surface area contributed by atoms with Gasteiger partial charge in [0, 0.05) is 19.5 Å². The lowest BCUT2D eigenvalue weighted by atomic mass is 9.96. The van der Waals surface area contributed by atoms with Crippen LogP contribution in [0, 0.1) is 11.8 Å². The monoisotopic (exact) mass is 169 g/mol. The van der Waals surface area contributed by atoms with Crippen molar-refractivity contribution in [1.82, 2.24) is 4.90 Å². The molecule has 12 heavy (non-hydrogen) atoms. The minimum Gasteiger partial charge on any atom is -0.343 e. The predicted molar refractivity (Wildman–Crippen MR) is 49.8 cm³/mol. The van der Waals surface area contributed by atoms with E-state index in [4.69, 9.17) is 0 Å². The maximum absolute atomic E-state index is 11.3. The zero-order chi connectivity index (χ0) is 9.14. The van der Waals surface area contributed by atoms with Crippen LogP contribution in [0.25, 0.3) is 0 Å². The number of nitrogens with zero attached hydrogens (tertiary/aromatic N) is 1. The Balaban J connectivity index is 2.38. The second kappa shape index (κ2) is 3.92. The van der Waals surface area contributed by atoms with Crippen LogP contribution in [-0.2, 0) is 4.79 Å². The van der Waals surface area contributed by atoms with Crippen LogP contribution in [0.15, 0.2) is 0 Å². The van der Waals surface area contributed by atoms with Crippen LogP contribution >= 0.6 is 0 Å². The van der Waals surface area contributed by atoms with E-state index >= 15 is 0 Å². The van der Waals surface area contributed by atoms with Gasteiger partial charge in [0.25, 0.3) is 0 Å². The molecule has 1 heterocycles. The molecule has 1 saturated heterocycles. The number of rotatable bonds is 3. The van der Waals surface area contributed by atoms with Gasteiger partial charge in [-0.3, -0.25) is 4.79 Å². The van der Waals surface area contributed by atoms with Crippen molar-refractivity contribution in [3.05, 3.63) is 0 Å². The number of hydrogen-bond acceptors (Lipinski definition) is 1. The molecule has 1 aliphatic heterocycles. The molecule has 1 fully saturated rings. The highest BCUT2D eigenvalue weighted by Gasteiger charge is 2.28. The van der Waals surface area contributed by atoms with Crippen LogP contribution in [0.1, 0.15) is 33.6 Å². The average Bonchev–Trinajstić information content (AvgIpc) is 2.29. The molecular weight excluding hydrogens is 150 g/mol. The smallest absolute Gasteiger partial charge is 0.222 e. The van der Waals surface area contributed by atoms with Crippen LogP contribution in [0.5, 0.6) is 0 Å². The van der Waals surface area contributed by atoms with Crippen molar-refractivity contribution in [3.8, 4) is 0 Å². The molecule has 0 saturated carbocycles. The molecule has 0 N–H and O–H groups in total. The zero-order valence-corrected chi connectivity index (χ0v) is 8.34. The quantitative estimate of drug-likeness (QED) is 0.632. The van der Waals surface area contributed by atoms with E-state index < -0.39 is 0 Å². The Morgan fingerprint density at radius 1 is 1.58 bits per heavy atom. The van der Waals surface area contributed by atoms with E-state index in [1.54, 1.807) is 0 Å². The Morgan fingerprint density at radius 3 is 2.67 bits per heavy atom. The lowest BCUT2D eigenvalue weighted by Gasteiger charge is -2.14. The van der Waals surface area contributed by atoms with Crippen molar-refractivity contribution in [2.75, 3.05) is 13.1 Å². The van der Waals surface area contributed by atoms with E-state index in [-0.39, 0.29) is 0 Å².